The molecule has 2 heterocycles. The molecular formula is C10H16ClN3O2S. The van der Waals surface area contributed by atoms with E-state index in [2.05, 4.69) is 11.9 Å². The van der Waals surface area contributed by atoms with Crippen molar-refractivity contribution in [1.82, 2.24) is 13.9 Å². The van der Waals surface area contributed by atoms with Gasteiger partial charge in [0.2, 0.25) is 5.03 Å². The Morgan fingerprint density at radius 1 is 1.41 bits per heavy atom. The Bertz CT molecular complexity index is 504. The number of hydrogen-bond acceptors (Lipinski definition) is 3. The predicted molar refractivity (Wildman–Crippen MR) is 65.4 cm³/mol. The highest BCUT2D eigenvalue weighted by Crippen LogP contribution is 2.26. The van der Waals surface area contributed by atoms with Crippen molar-refractivity contribution in [3.8, 4) is 0 Å². The highest BCUT2D eigenvalue weighted by atomic mass is 35.5. The Balaban J connectivity index is 2.28. The van der Waals surface area contributed by atoms with Gasteiger partial charge in [-0.1, -0.05) is 18.5 Å². The third kappa shape index (κ3) is 2.34. The Labute approximate surface area is 106 Å². The van der Waals surface area contributed by atoms with E-state index in [1.54, 1.807) is 7.05 Å². The van der Waals surface area contributed by atoms with Crippen molar-refractivity contribution in [2.75, 3.05) is 13.1 Å². The third-order valence-electron chi connectivity index (χ3n) is 3.16. The second kappa shape index (κ2) is 4.59. The van der Waals surface area contributed by atoms with Gasteiger partial charge >= 0.3 is 0 Å². The molecule has 0 unspecified atom stereocenters. The highest BCUT2D eigenvalue weighted by Gasteiger charge is 2.31. The second-order valence-electron chi connectivity index (χ2n) is 4.54. The van der Waals surface area contributed by atoms with E-state index < -0.39 is 10.0 Å². The highest BCUT2D eigenvalue weighted by molar-refractivity contribution is 7.89. The summed E-state index contributed by atoms with van der Waals surface area (Å²) >= 11 is 5.94. The normalized spacial score (nSPS) is 19.7. The number of halogens is 1. The Morgan fingerprint density at radius 2 is 2.00 bits per heavy atom. The molecule has 7 heteroatoms. The zero-order chi connectivity index (χ0) is 12.6. The molecule has 5 nitrogen and oxygen atoms in total. The Kier molecular flexibility index (Phi) is 3.47. The van der Waals surface area contributed by atoms with E-state index >= 15 is 0 Å². The number of aromatic nitrogens is 2. The molecule has 0 bridgehead atoms. The van der Waals surface area contributed by atoms with Crippen LogP contribution in [0.4, 0.5) is 0 Å². The SMILES string of the molecule is CC1CCN(S(=O)(=O)c2ncn(C)c2Cl)CC1. The van der Waals surface area contributed by atoms with Gasteiger partial charge in [0, 0.05) is 20.1 Å². The molecule has 0 amide bonds. The van der Waals surface area contributed by atoms with Crippen LogP contribution < -0.4 is 0 Å². The number of piperidine rings is 1. The van der Waals surface area contributed by atoms with Gasteiger partial charge in [-0.3, -0.25) is 0 Å². The maximum Gasteiger partial charge on any atom is 0.263 e. The summed E-state index contributed by atoms with van der Waals surface area (Å²) in [6, 6.07) is 0. The molecule has 0 aromatic carbocycles. The number of hydrogen-bond donors (Lipinski definition) is 0. The zero-order valence-corrected chi connectivity index (χ0v) is 11.5. The van der Waals surface area contributed by atoms with Gasteiger partial charge in [-0.15, -0.1) is 0 Å². The lowest BCUT2D eigenvalue weighted by Crippen LogP contribution is -2.38. The fourth-order valence-corrected chi connectivity index (χ4v) is 3.77. The molecule has 1 aromatic heterocycles. The lowest BCUT2D eigenvalue weighted by molar-refractivity contribution is 0.287. The summed E-state index contributed by atoms with van der Waals surface area (Å²) < 4.78 is 27.6. The van der Waals surface area contributed by atoms with Gasteiger partial charge in [0.25, 0.3) is 10.0 Å². The van der Waals surface area contributed by atoms with Gasteiger partial charge in [0.1, 0.15) is 5.15 Å². The van der Waals surface area contributed by atoms with Crippen molar-refractivity contribution >= 4 is 21.6 Å². The van der Waals surface area contributed by atoms with E-state index in [1.165, 1.54) is 15.2 Å². The van der Waals surface area contributed by atoms with Gasteiger partial charge in [0.05, 0.1) is 6.33 Å². The van der Waals surface area contributed by atoms with Crippen LogP contribution in [0.15, 0.2) is 11.4 Å². The van der Waals surface area contributed by atoms with Crippen LogP contribution in [-0.4, -0.2) is 35.4 Å². The van der Waals surface area contributed by atoms with Crippen LogP contribution in [0.25, 0.3) is 0 Å². The monoisotopic (exact) mass is 277 g/mol. The van der Waals surface area contributed by atoms with Crippen LogP contribution in [0.5, 0.6) is 0 Å². The zero-order valence-electron chi connectivity index (χ0n) is 9.93. The van der Waals surface area contributed by atoms with E-state index in [0.717, 1.165) is 12.8 Å². The summed E-state index contributed by atoms with van der Waals surface area (Å²) in [6.45, 7) is 3.24. The lowest BCUT2D eigenvalue weighted by Gasteiger charge is -2.28. The van der Waals surface area contributed by atoms with Crippen molar-refractivity contribution in [3.05, 3.63) is 11.5 Å². The minimum absolute atomic E-state index is 0.0313. The first-order valence-corrected chi connectivity index (χ1v) is 7.41. The van der Waals surface area contributed by atoms with Crippen molar-refractivity contribution in [2.24, 2.45) is 13.0 Å². The van der Waals surface area contributed by atoms with Crippen LogP contribution in [0.1, 0.15) is 19.8 Å². The van der Waals surface area contributed by atoms with Crippen LogP contribution in [0.3, 0.4) is 0 Å². The van der Waals surface area contributed by atoms with Crippen LogP contribution in [0.2, 0.25) is 5.15 Å². The van der Waals surface area contributed by atoms with E-state index in [9.17, 15) is 8.42 Å². The average Bonchev–Trinajstić information content (AvgIpc) is 2.61. The summed E-state index contributed by atoms with van der Waals surface area (Å²) in [5, 5.41) is 0.139. The molecule has 1 aliphatic rings. The molecular weight excluding hydrogens is 262 g/mol. The number of aryl methyl sites for hydroxylation is 1. The minimum atomic E-state index is -3.53. The summed E-state index contributed by atoms with van der Waals surface area (Å²) in [6.07, 6.45) is 3.20. The van der Waals surface area contributed by atoms with Crippen LogP contribution in [-0.2, 0) is 17.1 Å². The largest absolute Gasteiger partial charge is 0.324 e. The smallest absolute Gasteiger partial charge is 0.263 e. The van der Waals surface area contributed by atoms with Gasteiger partial charge in [-0.05, 0) is 18.8 Å². The predicted octanol–water partition coefficient (Wildman–Crippen LogP) is 1.49. The molecule has 0 spiro atoms. The van der Waals surface area contributed by atoms with E-state index in [0.29, 0.717) is 19.0 Å². The van der Waals surface area contributed by atoms with E-state index in [-0.39, 0.29) is 10.2 Å². The summed E-state index contributed by atoms with van der Waals surface area (Å²) in [5.74, 6) is 0.584. The van der Waals surface area contributed by atoms with Crippen molar-refractivity contribution < 1.29 is 8.42 Å². The molecule has 1 saturated heterocycles. The van der Waals surface area contributed by atoms with Gasteiger partial charge in [-0.2, -0.15) is 4.31 Å². The molecule has 1 aromatic rings. The molecule has 17 heavy (non-hydrogen) atoms. The lowest BCUT2D eigenvalue weighted by atomic mass is 10.0. The molecule has 0 saturated carbocycles. The molecule has 0 radical (unpaired) electrons. The first kappa shape index (κ1) is 12.9. The summed E-state index contributed by atoms with van der Waals surface area (Å²) in [7, 11) is -1.85. The van der Waals surface area contributed by atoms with Gasteiger partial charge in [-0.25, -0.2) is 13.4 Å². The number of imidazole rings is 1. The molecule has 1 aliphatic heterocycles. The minimum Gasteiger partial charge on any atom is -0.324 e. The molecule has 0 N–H and O–H groups in total. The third-order valence-corrected chi connectivity index (χ3v) is 5.55. The fourth-order valence-electron chi connectivity index (χ4n) is 1.91. The van der Waals surface area contributed by atoms with Gasteiger partial charge in [0.15, 0.2) is 0 Å². The molecule has 2 rings (SSSR count). The molecule has 0 aliphatic carbocycles. The quantitative estimate of drug-likeness (QED) is 0.823. The second-order valence-corrected chi connectivity index (χ2v) is 6.75. The standard InChI is InChI=1S/C10H16ClN3O2S/c1-8-3-5-14(6-4-8)17(15,16)10-9(11)13(2)7-12-10/h7-8H,3-6H2,1-2H3. The van der Waals surface area contributed by atoms with Gasteiger partial charge < -0.3 is 4.57 Å². The van der Waals surface area contributed by atoms with E-state index in [1.807, 2.05) is 0 Å². The molecule has 96 valence electrons. The number of sulfonamides is 1. The Hall–Kier alpha value is -0.590. The summed E-state index contributed by atoms with van der Waals surface area (Å²) in [4.78, 5) is 3.88. The number of nitrogens with zero attached hydrogens (tertiary/aromatic N) is 3. The van der Waals surface area contributed by atoms with Crippen molar-refractivity contribution in [2.45, 2.75) is 24.8 Å². The van der Waals surface area contributed by atoms with Crippen molar-refractivity contribution in [1.29, 1.82) is 0 Å². The van der Waals surface area contributed by atoms with Crippen LogP contribution >= 0.6 is 11.6 Å². The maximum atomic E-state index is 12.3. The number of rotatable bonds is 2. The first-order chi connectivity index (χ1) is 7.93. The van der Waals surface area contributed by atoms with Crippen molar-refractivity contribution in [3.63, 3.8) is 0 Å². The molecule has 1 fully saturated rings. The van der Waals surface area contributed by atoms with Crippen LogP contribution in [0, 0.1) is 5.92 Å². The fraction of sp³-hybridized carbons (Fsp3) is 0.700. The topological polar surface area (TPSA) is 55.2 Å². The van der Waals surface area contributed by atoms with E-state index in [4.69, 9.17) is 11.6 Å². The first-order valence-electron chi connectivity index (χ1n) is 5.60. The molecule has 0 atom stereocenters. The average molecular weight is 278 g/mol. The summed E-state index contributed by atoms with van der Waals surface area (Å²) in [5.41, 5.74) is 0. The maximum absolute atomic E-state index is 12.3. The Morgan fingerprint density at radius 3 is 2.47 bits per heavy atom.